The molecule has 24 heavy (non-hydrogen) atoms. The predicted molar refractivity (Wildman–Crippen MR) is 90.9 cm³/mol. The number of amides is 1. The van der Waals surface area contributed by atoms with Gasteiger partial charge in [-0.25, -0.2) is 0 Å². The van der Waals surface area contributed by atoms with E-state index in [1.807, 2.05) is 25.1 Å². The molecule has 1 aromatic carbocycles. The van der Waals surface area contributed by atoms with Gasteiger partial charge in [0.15, 0.2) is 6.61 Å². The third-order valence-electron chi connectivity index (χ3n) is 3.27. The van der Waals surface area contributed by atoms with Crippen LogP contribution >= 0.6 is 0 Å². The Morgan fingerprint density at radius 2 is 1.79 bits per heavy atom. The molecule has 0 bridgehead atoms. The van der Waals surface area contributed by atoms with E-state index in [2.05, 4.69) is 0 Å². The van der Waals surface area contributed by atoms with E-state index >= 15 is 0 Å². The van der Waals surface area contributed by atoms with E-state index in [0.29, 0.717) is 45.1 Å². The van der Waals surface area contributed by atoms with Crippen LogP contribution in [0.2, 0.25) is 0 Å². The molecule has 1 rings (SSSR count). The van der Waals surface area contributed by atoms with Crippen molar-refractivity contribution in [1.82, 2.24) is 4.90 Å². The van der Waals surface area contributed by atoms with Gasteiger partial charge in [0.2, 0.25) is 0 Å². The minimum absolute atomic E-state index is 0.0541. The molecule has 0 N–H and O–H groups in total. The molecule has 6 nitrogen and oxygen atoms in total. The van der Waals surface area contributed by atoms with Gasteiger partial charge in [-0.15, -0.1) is 0 Å². The number of carbonyl (C=O) groups is 2. The fraction of sp³-hybridized carbons (Fsp3) is 0.556. The highest BCUT2D eigenvalue weighted by molar-refractivity contribution is 5.78. The van der Waals surface area contributed by atoms with Gasteiger partial charge in [-0.2, -0.15) is 0 Å². The first-order chi connectivity index (χ1) is 11.7. The van der Waals surface area contributed by atoms with E-state index in [0.717, 1.165) is 0 Å². The first-order valence-electron chi connectivity index (χ1n) is 8.36. The summed E-state index contributed by atoms with van der Waals surface area (Å²) < 4.78 is 15.7. The van der Waals surface area contributed by atoms with Gasteiger partial charge in [0.05, 0.1) is 13.0 Å². The largest absolute Gasteiger partial charge is 0.484 e. The third kappa shape index (κ3) is 8.53. The Kier molecular flexibility index (Phi) is 10.3. The summed E-state index contributed by atoms with van der Waals surface area (Å²) in [7, 11) is 0. The standard InChI is InChI=1S/C18H27NO5/c1-3-22-14-8-12-19(13-11-18(21)23-4-2)17(20)15-24-16-9-6-5-7-10-16/h5-7,9-10H,3-4,8,11-15H2,1-2H3. The third-order valence-corrected chi connectivity index (χ3v) is 3.27. The Hall–Kier alpha value is -2.08. The second kappa shape index (κ2) is 12.4. The number of hydrogen-bond acceptors (Lipinski definition) is 5. The van der Waals surface area contributed by atoms with Crippen LogP contribution in [0.5, 0.6) is 5.75 Å². The molecule has 0 fully saturated rings. The van der Waals surface area contributed by atoms with Gasteiger partial charge in [-0.3, -0.25) is 9.59 Å². The lowest BCUT2D eigenvalue weighted by Gasteiger charge is -2.22. The molecule has 0 saturated carbocycles. The number of esters is 1. The second-order valence-electron chi connectivity index (χ2n) is 5.09. The second-order valence-corrected chi connectivity index (χ2v) is 5.09. The highest BCUT2D eigenvalue weighted by Gasteiger charge is 2.16. The number of rotatable bonds is 12. The summed E-state index contributed by atoms with van der Waals surface area (Å²) in [5, 5.41) is 0. The zero-order valence-corrected chi connectivity index (χ0v) is 14.5. The van der Waals surface area contributed by atoms with Crippen LogP contribution < -0.4 is 4.74 Å². The Morgan fingerprint density at radius 3 is 2.46 bits per heavy atom. The molecule has 0 saturated heterocycles. The highest BCUT2D eigenvalue weighted by Crippen LogP contribution is 2.08. The number of carbonyl (C=O) groups excluding carboxylic acids is 2. The zero-order valence-electron chi connectivity index (χ0n) is 14.5. The molecule has 0 aliphatic carbocycles. The SMILES string of the molecule is CCOCCCN(CCC(=O)OCC)C(=O)COc1ccccc1. The predicted octanol–water partition coefficient (Wildman–Crippen LogP) is 2.27. The molecule has 0 aliphatic rings. The van der Waals surface area contributed by atoms with Crippen LogP contribution in [0.1, 0.15) is 26.7 Å². The van der Waals surface area contributed by atoms with Crippen LogP contribution in [0.3, 0.4) is 0 Å². The molecular weight excluding hydrogens is 310 g/mol. The van der Waals surface area contributed by atoms with E-state index in [4.69, 9.17) is 14.2 Å². The minimum Gasteiger partial charge on any atom is -0.484 e. The van der Waals surface area contributed by atoms with Crippen molar-refractivity contribution >= 4 is 11.9 Å². The van der Waals surface area contributed by atoms with Crippen LogP contribution in [0.15, 0.2) is 30.3 Å². The van der Waals surface area contributed by atoms with Crippen molar-refractivity contribution in [2.24, 2.45) is 0 Å². The highest BCUT2D eigenvalue weighted by atomic mass is 16.5. The molecule has 0 atom stereocenters. The van der Waals surface area contributed by atoms with E-state index < -0.39 is 0 Å². The fourth-order valence-corrected chi connectivity index (χ4v) is 2.08. The monoisotopic (exact) mass is 337 g/mol. The molecule has 0 spiro atoms. The topological polar surface area (TPSA) is 65.1 Å². The van der Waals surface area contributed by atoms with Gasteiger partial charge >= 0.3 is 5.97 Å². The van der Waals surface area contributed by atoms with E-state index in [1.54, 1.807) is 24.0 Å². The molecule has 6 heteroatoms. The molecule has 134 valence electrons. The summed E-state index contributed by atoms with van der Waals surface area (Å²) in [6.45, 7) is 6.05. The van der Waals surface area contributed by atoms with E-state index in [9.17, 15) is 9.59 Å². The molecule has 0 radical (unpaired) electrons. The number of benzene rings is 1. The molecular formula is C18H27NO5. The maximum absolute atomic E-state index is 12.4. The first-order valence-corrected chi connectivity index (χ1v) is 8.36. The molecule has 0 heterocycles. The quantitative estimate of drug-likeness (QED) is 0.432. The number of hydrogen-bond donors (Lipinski definition) is 0. The van der Waals surface area contributed by atoms with Crippen LogP contribution in [0.25, 0.3) is 0 Å². The van der Waals surface area contributed by atoms with Gasteiger partial charge in [-0.05, 0) is 32.4 Å². The average molecular weight is 337 g/mol. The normalized spacial score (nSPS) is 10.2. The van der Waals surface area contributed by atoms with E-state index in [1.165, 1.54) is 0 Å². The Bertz CT molecular complexity index is 478. The minimum atomic E-state index is -0.302. The Balaban J connectivity index is 2.47. The summed E-state index contributed by atoms with van der Waals surface area (Å²) in [5.41, 5.74) is 0. The van der Waals surface area contributed by atoms with Crippen LogP contribution in [-0.4, -0.2) is 56.3 Å². The Labute approximate surface area is 143 Å². The first kappa shape index (κ1) is 20.0. The summed E-state index contributed by atoms with van der Waals surface area (Å²) >= 11 is 0. The van der Waals surface area contributed by atoms with Gasteiger partial charge in [0.1, 0.15) is 5.75 Å². The molecule has 0 aromatic heterocycles. The lowest BCUT2D eigenvalue weighted by atomic mass is 10.3. The van der Waals surface area contributed by atoms with Gasteiger partial charge in [0, 0.05) is 26.3 Å². The lowest BCUT2D eigenvalue weighted by Crippen LogP contribution is -2.37. The van der Waals surface area contributed by atoms with Crippen molar-refractivity contribution in [2.75, 3.05) is 39.5 Å². The maximum Gasteiger partial charge on any atom is 0.307 e. The summed E-state index contributed by atoms with van der Waals surface area (Å²) in [6.07, 6.45) is 0.896. The number of para-hydroxylation sites is 1. The van der Waals surface area contributed by atoms with Crippen molar-refractivity contribution in [1.29, 1.82) is 0 Å². The molecule has 1 aromatic rings. The summed E-state index contributed by atoms with van der Waals surface area (Å²) in [4.78, 5) is 25.5. The lowest BCUT2D eigenvalue weighted by molar-refractivity contribution is -0.144. The molecule has 0 aliphatic heterocycles. The molecule has 0 unspecified atom stereocenters. The summed E-state index contributed by atoms with van der Waals surface area (Å²) in [6, 6.07) is 9.17. The van der Waals surface area contributed by atoms with Gasteiger partial charge in [-0.1, -0.05) is 18.2 Å². The average Bonchev–Trinajstić information content (AvgIpc) is 2.60. The van der Waals surface area contributed by atoms with Crippen molar-refractivity contribution in [3.05, 3.63) is 30.3 Å². The number of ether oxygens (including phenoxy) is 3. The van der Waals surface area contributed by atoms with Crippen molar-refractivity contribution < 1.29 is 23.8 Å². The van der Waals surface area contributed by atoms with Crippen molar-refractivity contribution in [3.8, 4) is 5.75 Å². The van der Waals surface area contributed by atoms with Gasteiger partial charge in [0.25, 0.3) is 5.91 Å². The van der Waals surface area contributed by atoms with Gasteiger partial charge < -0.3 is 19.1 Å². The van der Waals surface area contributed by atoms with Crippen LogP contribution in [-0.2, 0) is 19.1 Å². The van der Waals surface area contributed by atoms with Crippen molar-refractivity contribution in [2.45, 2.75) is 26.7 Å². The van der Waals surface area contributed by atoms with E-state index in [-0.39, 0.29) is 24.9 Å². The smallest absolute Gasteiger partial charge is 0.307 e. The maximum atomic E-state index is 12.4. The van der Waals surface area contributed by atoms with Crippen LogP contribution in [0.4, 0.5) is 0 Å². The number of nitrogens with zero attached hydrogens (tertiary/aromatic N) is 1. The van der Waals surface area contributed by atoms with Crippen molar-refractivity contribution in [3.63, 3.8) is 0 Å². The van der Waals surface area contributed by atoms with Crippen LogP contribution in [0, 0.1) is 0 Å². The molecule has 1 amide bonds. The summed E-state index contributed by atoms with van der Waals surface area (Å²) in [5.74, 6) is 0.189. The zero-order chi connectivity index (χ0) is 17.6. The Morgan fingerprint density at radius 1 is 1.04 bits per heavy atom. The fourth-order valence-electron chi connectivity index (χ4n) is 2.08.